The summed E-state index contributed by atoms with van der Waals surface area (Å²) >= 11 is 0. The topological polar surface area (TPSA) is 48.3 Å². The molecule has 0 atom stereocenters. The Morgan fingerprint density at radius 1 is 1.05 bits per heavy atom. The summed E-state index contributed by atoms with van der Waals surface area (Å²) in [6, 6.07) is 13.3. The maximum Gasteiger partial charge on any atom is 0.330 e. The molecular weight excluding hydrogens is 278 g/mol. The Bertz CT molecular complexity index is 967. The van der Waals surface area contributed by atoms with E-state index >= 15 is 0 Å². The highest BCUT2D eigenvalue weighted by atomic mass is 16.5. The van der Waals surface area contributed by atoms with Gasteiger partial charge in [-0.3, -0.25) is 4.79 Å². The number of ether oxygens (including phenoxy) is 1. The summed E-state index contributed by atoms with van der Waals surface area (Å²) < 4.78 is 6.23. The summed E-state index contributed by atoms with van der Waals surface area (Å²) in [5.74, 6) is -0.428. The molecular formula is C18H15NO3. The molecule has 4 nitrogen and oxygen atoms in total. The van der Waals surface area contributed by atoms with E-state index in [1.807, 2.05) is 42.5 Å². The highest BCUT2D eigenvalue weighted by Gasteiger charge is 2.10. The van der Waals surface area contributed by atoms with Gasteiger partial charge in [-0.1, -0.05) is 36.4 Å². The number of pyridine rings is 1. The van der Waals surface area contributed by atoms with Gasteiger partial charge < -0.3 is 9.30 Å². The number of fused-ring (bicyclic) bond motifs is 3. The molecule has 0 aliphatic rings. The summed E-state index contributed by atoms with van der Waals surface area (Å²) in [7, 11) is 3.08. The number of carbonyl (C=O) groups excluding carboxylic acids is 1. The molecule has 0 N–H and O–H groups in total. The molecule has 22 heavy (non-hydrogen) atoms. The lowest BCUT2D eigenvalue weighted by Gasteiger charge is -2.11. The van der Waals surface area contributed by atoms with Crippen molar-refractivity contribution in [1.82, 2.24) is 4.57 Å². The summed E-state index contributed by atoms with van der Waals surface area (Å²) in [4.78, 5) is 23.8. The predicted octanol–water partition coefficient (Wildman–Crippen LogP) is 2.88. The Morgan fingerprint density at radius 3 is 2.45 bits per heavy atom. The second-order valence-electron chi connectivity index (χ2n) is 5.01. The van der Waals surface area contributed by atoms with Crippen molar-refractivity contribution in [3.63, 3.8) is 0 Å². The van der Waals surface area contributed by atoms with Crippen molar-refractivity contribution in [2.45, 2.75) is 0 Å². The van der Waals surface area contributed by atoms with Crippen LogP contribution < -0.4 is 5.56 Å². The van der Waals surface area contributed by atoms with Gasteiger partial charge in [-0.05, 0) is 23.1 Å². The fourth-order valence-electron chi connectivity index (χ4n) is 2.70. The van der Waals surface area contributed by atoms with Crippen molar-refractivity contribution in [2.24, 2.45) is 7.05 Å². The molecule has 3 aromatic rings. The van der Waals surface area contributed by atoms with Crippen LogP contribution in [-0.4, -0.2) is 17.6 Å². The summed E-state index contributed by atoms with van der Waals surface area (Å²) in [6.07, 6.45) is 3.02. The minimum absolute atomic E-state index is 0.0537. The summed E-state index contributed by atoms with van der Waals surface area (Å²) in [6.45, 7) is 0. The first-order valence-electron chi connectivity index (χ1n) is 6.90. The maximum atomic E-state index is 12.5. The zero-order valence-electron chi connectivity index (χ0n) is 12.4. The van der Waals surface area contributed by atoms with Crippen molar-refractivity contribution in [1.29, 1.82) is 0 Å². The number of aryl methyl sites for hydroxylation is 1. The van der Waals surface area contributed by atoms with Gasteiger partial charge in [0.1, 0.15) is 0 Å². The van der Waals surface area contributed by atoms with E-state index in [-0.39, 0.29) is 5.56 Å². The second-order valence-corrected chi connectivity index (χ2v) is 5.01. The molecule has 4 heteroatoms. The lowest BCUT2D eigenvalue weighted by Crippen LogP contribution is -2.17. The number of aromatic nitrogens is 1. The van der Waals surface area contributed by atoms with E-state index in [1.165, 1.54) is 13.2 Å². The third-order valence-corrected chi connectivity index (χ3v) is 3.76. The third-order valence-electron chi connectivity index (χ3n) is 3.76. The number of hydrogen-bond donors (Lipinski definition) is 0. The number of methoxy groups -OCH3 is 1. The van der Waals surface area contributed by atoms with Crippen LogP contribution in [0, 0.1) is 0 Å². The van der Waals surface area contributed by atoms with Gasteiger partial charge in [0, 0.05) is 23.9 Å². The molecule has 110 valence electrons. The largest absolute Gasteiger partial charge is 0.466 e. The van der Waals surface area contributed by atoms with Crippen LogP contribution in [0.4, 0.5) is 0 Å². The van der Waals surface area contributed by atoms with Gasteiger partial charge >= 0.3 is 5.97 Å². The number of nitrogens with zero attached hydrogens (tertiary/aromatic N) is 1. The number of hydrogen-bond acceptors (Lipinski definition) is 3. The van der Waals surface area contributed by atoms with E-state index in [0.717, 1.165) is 21.9 Å². The van der Waals surface area contributed by atoms with Crippen LogP contribution in [0.3, 0.4) is 0 Å². The fraction of sp³-hybridized carbons (Fsp3) is 0.111. The van der Waals surface area contributed by atoms with Crippen molar-refractivity contribution in [3.8, 4) is 0 Å². The van der Waals surface area contributed by atoms with E-state index in [2.05, 4.69) is 4.74 Å². The molecule has 1 heterocycles. The van der Waals surface area contributed by atoms with Gasteiger partial charge in [-0.2, -0.15) is 0 Å². The number of esters is 1. The van der Waals surface area contributed by atoms with Gasteiger partial charge in [0.2, 0.25) is 0 Å². The molecule has 0 aliphatic carbocycles. The Labute approximate surface area is 127 Å². The van der Waals surface area contributed by atoms with E-state index in [9.17, 15) is 9.59 Å². The van der Waals surface area contributed by atoms with Crippen LogP contribution in [0.1, 0.15) is 5.56 Å². The monoisotopic (exact) mass is 293 g/mol. The second kappa shape index (κ2) is 5.48. The van der Waals surface area contributed by atoms with Gasteiger partial charge in [0.05, 0.1) is 12.6 Å². The summed E-state index contributed by atoms with van der Waals surface area (Å²) in [5, 5.41) is 2.57. The Morgan fingerprint density at radius 2 is 1.73 bits per heavy atom. The van der Waals surface area contributed by atoms with Crippen LogP contribution in [-0.2, 0) is 16.6 Å². The van der Waals surface area contributed by atoms with Gasteiger partial charge in [-0.25, -0.2) is 4.79 Å². The number of para-hydroxylation sites is 1. The number of benzene rings is 2. The lowest BCUT2D eigenvalue weighted by molar-refractivity contribution is -0.134. The minimum Gasteiger partial charge on any atom is -0.466 e. The Hall–Kier alpha value is -2.88. The molecule has 0 saturated heterocycles. The first-order valence-corrected chi connectivity index (χ1v) is 6.90. The van der Waals surface area contributed by atoms with E-state index in [0.29, 0.717) is 5.39 Å². The molecule has 0 bridgehead atoms. The number of rotatable bonds is 2. The molecule has 0 radical (unpaired) electrons. The molecule has 0 aliphatic heterocycles. The standard InChI is InChI=1S/C18H15NO3/c1-19-17-12(10-11-16(20)22-2)6-5-9-14(17)13-7-3-4-8-15(13)18(19)21/h3-11H,1-2H3/b11-10+. The fourth-order valence-corrected chi connectivity index (χ4v) is 2.70. The van der Waals surface area contributed by atoms with Crippen molar-refractivity contribution in [2.75, 3.05) is 7.11 Å². The van der Waals surface area contributed by atoms with E-state index < -0.39 is 5.97 Å². The molecule has 0 fully saturated rings. The molecule has 0 unspecified atom stereocenters. The van der Waals surface area contributed by atoms with Gasteiger partial charge in [0.25, 0.3) is 5.56 Å². The maximum absolute atomic E-state index is 12.5. The predicted molar refractivity (Wildman–Crippen MR) is 87.7 cm³/mol. The third kappa shape index (κ3) is 2.19. The van der Waals surface area contributed by atoms with Crippen molar-refractivity contribution >= 4 is 33.7 Å². The zero-order chi connectivity index (χ0) is 15.7. The average molecular weight is 293 g/mol. The lowest BCUT2D eigenvalue weighted by atomic mass is 10.0. The first-order chi connectivity index (χ1) is 10.6. The van der Waals surface area contributed by atoms with Crippen LogP contribution in [0.25, 0.3) is 27.8 Å². The normalized spacial score (nSPS) is 11.4. The highest BCUT2D eigenvalue weighted by Crippen LogP contribution is 2.25. The van der Waals surface area contributed by atoms with Crippen LogP contribution in [0.5, 0.6) is 0 Å². The van der Waals surface area contributed by atoms with Gasteiger partial charge in [0.15, 0.2) is 0 Å². The minimum atomic E-state index is -0.428. The highest BCUT2D eigenvalue weighted by molar-refractivity contribution is 6.08. The Kier molecular flexibility index (Phi) is 3.51. The first kappa shape index (κ1) is 14.1. The Balaban J connectivity index is 2.40. The summed E-state index contributed by atoms with van der Waals surface area (Å²) in [5.41, 5.74) is 1.54. The van der Waals surface area contributed by atoms with Crippen LogP contribution in [0.15, 0.2) is 53.3 Å². The average Bonchev–Trinajstić information content (AvgIpc) is 2.57. The van der Waals surface area contributed by atoms with Crippen LogP contribution >= 0.6 is 0 Å². The molecule has 0 amide bonds. The molecule has 0 saturated carbocycles. The molecule has 3 rings (SSSR count). The van der Waals surface area contributed by atoms with Crippen LogP contribution in [0.2, 0.25) is 0 Å². The molecule has 2 aromatic carbocycles. The quantitative estimate of drug-likeness (QED) is 0.415. The molecule has 1 aromatic heterocycles. The van der Waals surface area contributed by atoms with Crippen molar-refractivity contribution < 1.29 is 9.53 Å². The molecule has 0 spiro atoms. The van der Waals surface area contributed by atoms with Crippen molar-refractivity contribution in [3.05, 3.63) is 64.5 Å². The smallest absolute Gasteiger partial charge is 0.330 e. The van der Waals surface area contributed by atoms with E-state index in [4.69, 9.17) is 0 Å². The number of carbonyl (C=O) groups is 1. The SMILES string of the molecule is COC(=O)/C=C/c1cccc2c3ccccc3c(=O)n(C)c12. The zero-order valence-corrected chi connectivity index (χ0v) is 12.4. The van der Waals surface area contributed by atoms with Gasteiger partial charge in [-0.15, -0.1) is 0 Å². The van der Waals surface area contributed by atoms with E-state index in [1.54, 1.807) is 17.7 Å².